The number of piperidine rings is 1. The molecule has 3 aromatic rings. The van der Waals surface area contributed by atoms with E-state index in [0.717, 1.165) is 66.9 Å². The molecule has 3 heterocycles. The summed E-state index contributed by atoms with van der Waals surface area (Å²) in [5.74, 6) is 1.71. The Morgan fingerprint density at radius 2 is 1.93 bits per heavy atom. The quantitative estimate of drug-likeness (QED) is 0.717. The van der Waals surface area contributed by atoms with Crippen LogP contribution in [0, 0.1) is 6.92 Å². The maximum absolute atomic E-state index is 12.8. The van der Waals surface area contributed by atoms with Gasteiger partial charge in [0.2, 0.25) is 5.91 Å². The second-order valence-electron chi connectivity index (χ2n) is 8.34. The predicted molar refractivity (Wildman–Crippen MR) is 110 cm³/mol. The zero-order valence-corrected chi connectivity index (χ0v) is 16.6. The summed E-state index contributed by atoms with van der Waals surface area (Å²) in [4.78, 5) is 42.3. The third kappa shape index (κ3) is 3.14. The smallest absolute Gasteiger partial charge is 0.254 e. The number of nitrogens with one attached hydrogen (secondary N) is 2. The summed E-state index contributed by atoms with van der Waals surface area (Å²) in [6.45, 7) is 3.29. The Hall–Kier alpha value is -2.96. The van der Waals surface area contributed by atoms with E-state index in [-0.39, 0.29) is 16.9 Å². The summed E-state index contributed by atoms with van der Waals surface area (Å²) in [6, 6.07) is 7.91. The van der Waals surface area contributed by atoms with E-state index < -0.39 is 0 Å². The SMILES string of the molecule is Cc1nc2c(c(=O)[nH]1)CCC21CCN(C(=O)CCc2nc3ccccc3[nH]2)CC1. The summed E-state index contributed by atoms with van der Waals surface area (Å²) in [5, 5.41) is 0. The number of carbonyl (C=O) groups excluding carboxylic acids is 1. The fraction of sp³-hybridized carbons (Fsp3) is 0.455. The number of benzene rings is 1. The Morgan fingerprint density at radius 1 is 1.14 bits per heavy atom. The number of para-hydroxylation sites is 2. The van der Waals surface area contributed by atoms with Crippen LogP contribution in [0.1, 0.15) is 48.6 Å². The van der Waals surface area contributed by atoms with Crippen molar-refractivity contribution in [3.63, 3.8) is 0 Å². The van der Waals surface area contributed by atoms with Gasteiger partial charge in [0.05, 0.1) is 16.7 Å². The van der Waals surface area contributed by atoms with Gasteiger partial charge in [-0.2, -0.15) is 0 Å². The Kier molecular flexibility index (Phi) is 4.26. The zero-order chi connectivity index (χ0) is 20.0. The fourth-order valence-corrected chi connectivity index (χ4v) is 4.94. The number of aryl methyl sites for hydroxylation is 2. The number of likely N-dealkylation sites (tertiary alicyclic amines) is 1. The Morgan fingerprint density at radius 3 is 2.72 bits per heavy atom. The number of imidazole rings is 1. The highest BCUT2D eigenvalue weighted by Gasteiger charge is 2.44. The number of aromatic amines is 2. The predicted octanol–water partition coefficient (Wildman–Crippen LogP) is 2.39. The van der Waals surface area contributed by atoms with Crippen LogP contribution >= 0.6 is 0 Å². The molecular formula is C22H25N5O2. The summed E-state index contributed by atoms with van der Waals surface area (Å²) in [7, 11) is 0. The van der Waals surface area contributed by atoms with Crippen LogP contribution in [-0.4, -0.2) is 43.8 Å². The van der Waals surface area contributed by atoms with Crippen LogP contribution in [0.2, 0.25) is 0 Å². The molecule has 1 aromatic carbocycles. The highest BCUT2D eigenvalue weighted by molar-refractivity contribution is 5.77. The molecule has 150 valence electrons. The molecular weight excluding hydrogens is 366 g/mol. The van der Waals surface area contributed by atoms with Gasteiger partial charge in [-0.3, -0.25) is 9.59 Å². The van der Waals surface area contributed by atoms with Crippen LogP contribution in [-0.2, 0) is 23.1 Å². The molecule has 1 aliphatic heterocycles. The highest BCUT2D eigenvalue weighted by Crippen LogP contribution is 2.44. The molecule has 0 atom stereocenters. The van der Waals surface area contributed by atoms with Gasteiger partial charge in [0.15, 0.2) is 0 Å². The molecule has 0 radical (unpaired) electrons. The molecule has 0 unspecified atom stereocenters. The molecule has 2 N–H and O–H groups in total. The Bertz CT molecular complexity index is 1100. The van der Waals surface area contributed by atoms with Crippen LogP contribution in [0.4, 0.5) is 0 Å². The minimum absolute atomic E-state index is 0.00807. The molecule has 1 aliphatic carbocycles. The van der Waals surface area contributed by atoms with Gasteiger partial charge in [-0.25, -0.2) is 9.97 Å². The van der Waals surface area contributed by atoms with E-state index in [1.54, 1.807) is 0 Å². The van der Waals surface area contributed by atoms with Gasteiger partial charge in [0.1, 0.15) is 11.6 Å². The van der Waals surface area contributed by atoms with E-state index >= 15 is 0 Å². The van der Waals surface area contributed by atoms with Crippen LogP contribution in [0.25, 0.3) is 11.0 Å². The molecule has 5 rings (SSSR count). The maximum Gasteiger partial charge on any atom is 0.254 e. The third-order valence-electron chi connectivity index (χ3n) is 6.58. The molecule has 0 saturated carbocycles. The standard InChI is InChI=1S/C22H25N5O2/c1-14-23-20-15(21(29)24-14)8-9-22(20)10-12-27(13-11-22)19(28)7-6-18-25-16-4-2-3-5-17(16)26-18/h2-5H,6-13H2,1H3,(H,25,26)(H,23,24,29). The Balaban J connectivity index is 1.23. The van der Waals surface area contributed by atoms with Crippen molar-refractivity contribution in [1.82, 2.24) is 24.8 Å². The second-order valence-corrected chi connectivity index (χ2v) is 8.34. The van der Waals surface area contributed by atoms with Crippen molar-refractivity contribution in [3.8, 4) is 0 Å². The third-order valence-corrected chi connectivity index (χ3v) is 6.58. The number of fused-ring (bicyclic) bond motifs is 3. The van der Waals surface area contributed by atoms with Gasteiger partial charge in [0.25, 0.3) is 5.56 Å². The van der Waals surface area contributed by atoms with Crippen LogP contribution in [0.5, 0.6) is 0 Å². The van der Waals surface area contributed by atoms with E-state index in [4.69, 9.17) is 0 Å². The van der Waals surface area contributed by atoms with Gasteiger partial charge in [0, 0.05) is 36.9 Å². The molecule has 0 bridgehead atoms. The van der Waals surface area contributed by atoms with E-state index in [1.807, 2.05) is 36.1 Å². The summed E-state index contributed by atoms with van der Waals surface area (Å²) in [5.41, 5.74) is 3.74. The molecule has 7 nitrogen and oxygen atoms in total. The number of carbonyl (C=O) groups is 1. The normalized spacial score (nSPS) is 17.8. The number of rotatable bonds is 3. The number of nitrogens with zero attached hydrogens (tertiary/aromatic N) is 3. The summed E-state index contributed by atoms with van der Waals surface area (Å²) < 4.78 is 0. The largest absolute Gasteiger partial charge is 0.343 e. The van der Waals surface area contributed by atoms with Gasteiger partial charge in [-0.15, -0.1) is 0 Å². The number of hydrogen-bond acceptors (Lipinski definition) is 4. The highest BCUT2D eigenvalue weighted by atomic mass is 16.2. The van der Waals surface area contributed by atoms with E-state index in [9.17, 15) is 9.59 Å². The first-order valence-corrected chi connectivity index (χ1v) is 10.4. The molecule has 29 heavy (non-hydrogen) atoms. The van der Waals surface area contributed by atoms with E-state index in [1.165, 1.54) is 0 Å². The average molecular weight is 391 g/mol. The van der Waals surface area contributed by atoms with Crippen molar-refractivity contribution in [2.75, 3.05) is 13.1 Å². The lowest BCUT2D eigenvalue weighted by Gasteiger charge is -2.39. The van der Waals surface area contributed by atoms with Crippen LogP contribution < -0.4 is 5.56 Å². The molecule has 7 heteroatoms. The first-order valence-electron chi connectivity index (χ1n) is 10.4. The molecule has 1 saturated heterocycles. The van der Waals surface area contributed by atoms with E-state index in [0.29, 0.717) is 18.7 Å². The van der Waals surface area contributed by atoms with Crippen molar-refractivity contribution < 1.29 is 4.79 Å². The number of H-pyrrole nitrogens is 2. The zero-order valence-electron chi connectivity index (χ0n) is 16.6. The first kappa shape index (κ1) is 18.1. The second kappa shape index (κ2) is 6.83. The van der Waals surface area contributed by atoms with Crippen molar-refractivity contribution in [3.05, 3.63) is 57.5 Å². The molecule has 1 fully saturated rings. The lowest BCUT2D eigenvalue weighted by molar-refractivity contribution is -0.132. The summed E-state index contributed by atoms with van der Waals surface area (Å²) in [6.07, 6.45) is 4.59. The summed E-state index contributed by atoms with van der Waals surface area (Å²) >= 11 is 0. The van der Waals surface area contributed by atoms with E-state index in [2.05, 4.69) is 19.9 Å². The topological polar surface area (TPSA) is 94.7 Å². The van der Waals surface area contributed by atoms with Gasteiger partial charge < -0.3 is 14.9 Å². The molecule has 2 aliphatic rings. The number of aromatic nitrogens is 4. The number of hydrogen-bond donors (Lipinski definition) is 2. The molecule has 1 spiro atoms. The van der Waals surface area contributed by atoms with Crippen molar-refractivity contribution in [2.24, 2.45) is 0 Å². The minimum atomic E-state index is -0.0378. The molecule has 2 aromatic heterocycles. The lowest BCUT2D eigenvalue weighted by Crippen LogP contribution is -2.45. The molecule has 1 amide bonds. The van der Waals surface area contributed by atoms with Crippen LogP contribution in [0.15, 0.2) is 29.1 Å². The van der Waals surface area contributed by atoms with Crippen LogP contribution in [0.3, 0.4) is 0 Å². The fourth-order valence-electron chi connectivity index (χ4n) is 4.94. The van der Waals surface area contributed by atoms with Crippen molar-refractivity contribution in [2.45, 2.75) is 50.9 Å². The van der Waals surface area contributed by atoms with Crippen molar-refractivity contribution in [1.29, 1.82) is 0 Å². The lowest BCUT2D eigenvalue weighted by atomic mass is 9.76. The maximum atomic E-state index is 12.8. The monoisotopic (exact) mass is 391 g/mol. The Labute approximate surface area is 168 Å². The van der Waals surface area contributed by atoms with Crippen molar-refractivity contribution >= 4 is 16.9 Å². The van der Waals surface area contributed by atoms with Gasteiger partial charge >= 0.3 is 0 Å². The first-order chi connectivity index (χ1) is 14.0. The minimum Gasteiger partial charge on any atom is -0.343 e. The van der Waals surface area contributed by atoms with Gasteiger partial charge in [-0.05, 0) is 44.7 Å². The average Bonchev–Trinajstić information content (AvgIpc) is 3.29. The van der Waals surface area contributed by atoms with Gasteiger partial charge in [-0.1, -0.05) is 12.1 Å². The number of amides is 1.